The van der Waals surface area contributed by atoms with Crippen LogP contribution in [-0.4, -0.2) is 97.5 Å². The van der Waals surface area contributed by atoms with Crippen molar-refractivity contribution in [3.8, 4) is 23.0 Å². The summed E-state index contributed by atoms with van der Waals surface area (Å²) in [4.78, 5) is 35.2. The molecular weight excluding hydrogens is 787 g/mol. The summed E-state index contributed by atoms with van der Waals surface area (Å²) >= 11 is 0. The van der Waals surface area contributed by atoms with E-state index in [0.29, 0.717) is 61.1 Å². The SMILES string of the molecule is C=CCOC12Oc3ccc(OC(=O)NCC)cc3C3C(CCCCO)C(CCCCO)C=C(C(=NOC4CCCCO4)CC1N(Cc1ccc4c(c1)OCO4)C(=O)OCC)C32. The van der Waals surface area contributed by atoms with Crippen molar-refractivity contribution in [2.45, 2.75) is 109 Å². The van der Waals surface area contributed by atoms with Crippen LogP contribution in [0.3, 0.4) is 0 Å². The number of aliphatic hydroxyl groups excluding tert-OH is 2. The summed E-state index contributed by atoms with van der Waals surface area (Å²) in [6.07, 6.45) is 9.38. The van der Waals surface area contributed by atoms with Crippen molar-refractivity contribution in [3.63, 3.8) is 0 Å². The van der Waals surface area contributed by atoms with Crippen molar-refractivity contribution < 1.29 is 57.8 Å². The molecule has 0 spiro atoms. The van der Waals surface area contributed by atoms with Gasteiger partial charge in [0.05, 0.1) is 31.5 Å². The quantitative estimate of drug-likeness (QED) is 0.0730. The van der Waals surface area contributed by atoms with Crippen LogP contribution in [0.2, 0.25) is 0 Å². The Hall–Kier alpha value is -4.83. The number of benzene rings is 2. The Balaban J connectivity index is 1.44. The Labute approximate surface area is 357 Å². The summed E-state index contributed by atoms with van der Waals surface area (Å²) in [6, 6.07) is 10.1. The molecule has 7 rings (SSSR count). The molecule has 1 saturated heterocycles. The molecule has 2 amide bonds. The molecular formula is C46H61N3O12. The summed E-state index contributed by atoms with van der Waals surface area (Å²) in [5.41, 5.74) is 3.11. The minimum atomic E-state index is -1.52. The van der Waals surface area contributed by atoms with Gasteiger partial charge >= 0.3 is 12.2 Å². The van der Waals surface area contributed by atoms with Gasteiger partial charge in [-0.15, -0.1) is 6.58 Å². The zero-order valence-electron chi connectivity index (χ0n) is 35.4. The number of allylic oxidation sites excluding steroid dienone is 1. The lowest BCUT2D eigenvalue weighted by atomic mass is 9.55. The van der Waals surface area contributed by atoms with Crippen molar-refractivity contribution >= 4 is 17.9 Å². The van der Waals surface area contributed by atoms with E-state index in [1.54, 1.807) is 30.0 Å². The number of unbranched alkanes of at least 4 members (excludes halogenated alkanes) is 2. The van der Waals surface area contributed by atoms with Gasteiger partial charge < -0.3 is 53.5 Å². The topological polar surface area (TPSA) is 176 Å². The molecule has 5 aliphatic rings. The highest BCUT2D eigenvalue weighted by Gasteiger charge is 2.65. The van der Waals surface area contributed by atoms with Gasteiger partial charge in [0, 0.05) is 50.6 Å². The molecule has 2 aromatic carbocycles. The third-order valence-corrected chi connectivity index (χ3v) is 12.3. The van der Waals surface area contributed by atoms with E-state index in [4.69, 9.17) is 43.2 Å². The molecule has 2 aromatic rings. The molecule has 0 bridgehead atoms. The molecule has 7 unspecified atom stereocenters. The van der Waals surface area contributed by atoms with Gasteiger partial charge in [-0.05, 0) is 106 Å². The summed E-state index contributed by atoms with van der Waals surface area (Å²) in [6.45, 7) is 9.16. The number of hydrogen-bond acceptors (Lipinski definition) is 13. The van der Waals surface area contributed by atoms with Crippen molar-refractivity contribution in [1.82, 2.24) is 10.2 Å². The zero-order chi connectivity index (χ0) is 42.8. The van der Waals surface area contributed by atoms with Crippen LogP contribution in [0.4, 0.5) is 9.59 Å². The summed E-state index contributed by atoms with van der Waals surface area (Å²) in [5.74, 6) is -0.350. The first kappa shape index (κ1) is 44.2. The first-order chi connectivity index (χ1) is 29.8. The van der Waals surface area contributed by atoms with Crippen LogP contribution in [-0.2, 0) is 25.6 Å². The number of carbonyl (C=O) groups excluding carboxylic acids is 2. The second-order valence-electron chi connectivity index (χ2n) is 16.1. The molecule has 0 aromatic heterocycles. The molecule has 332 valence electrons. The van der Waals surface area contributed by atoms with Crippen LogP contribution in [0, 0.1) is 17.8 Å². The van der Waals surface area contributed by atoms with Crippen LogP contribution in [0.1, 0.15) is 95.1 Å². The molecule has 1 saturated carbocycles. The molecule has 15 nitrogen and oxygen atoms in total. The number of nitrogens with zero attached hydrogens (tertiary/aromatic N) is 2. The Kier molecular flexibility index (Phi) is 15.1. The number of ether oxygens (including phenoxy) is 7. The summed E-state index contributed by atoms with van der Waals surface area (Å²) in [5, 5.41) is 27.5. The van der Waals surface area contributed by atoms with Gasteiger partial charge in [-0.3, -0.25) is 4.90 Å². The zero-order valence-corrected chi connectivity index (χ0v) is 35.4. The maximum absolute atomic E-state index is 14.5. The average molecular weight is 848 g/mol. The average Bonchev–Trinajstić information content (AvgIpc) is 3.74. The highest BCUT2D eigenvalue weighted by atomic mass is 16.8. The number of amides is 2. The predicted octanol–water partition coefficient (Wildman–Crippen LogP) is 7.34. The summed E-state index contributed by atoms with van der Waals surface area (Å²) in [7, 11) is 0. The van der Waals surface area contributed by atoms with E-state index < -0.39 is 36.2 Å². The predicted molar refractivity (Wildman–Crippen MR) is 224 cm³/mol. The smallest absolute Gasteiger partial charge is 0.412 e. The molecule has 2 aliphatic carbocycles. The van der Waals surface area contributed by atoms with E-state index in [-0.39, 0.29) is 63.9 Å². The van der Waals surface area contributed by atoms with E-state index in [1.165, 1.54) is 0 Å². The minimum Gasteiger partial charge on any atom is -0.459 e. The van der Waals surface area contributed by atoms with Crippen LogP contribution in [0.25, 0.3) is 0 Å². The molecule has 0 radical (unpaired) electrons. The lowest BCUT2D eigenvalue weighted by Crippen LogP contribution is -2.70. The van der Waals surface area contributed by atoms with Crippen molar-refractivity contribution in [1.29, 1.82) is 0 Å². The molecule has 3 heterocycles. The van der Waals surface area contributed by atoms with Gasteiger partial charge in [-0.2, -0.15) is 0 Å². The second-order valence-corrected chi connectivity index (χ2v) is 16.1. The van der Waals surface area contributed by atoms with Crippen LogP contribution in [0.15, 0.2) is 65.9 Å². The van der Waals surface area contributed by atoms with Gasteiger partial charge in [-0.25, -0.2) is 9.59 Å². The number of fused-ring (bicyclic) bond motifs is 3. The van der Waals surface area contributed by atoms with Crippen molar-refractivity contribution in [2.24, 2.45) is 22.9 Å². The fraction of sp³-hybridized carbons (Fsp3) is 0.587. The fourth-order valence-electron chi connectivity index (χ4n) is 9.66. The largest absolute Gasteiger partial charge is 0.459 e. The molecule has 7 atom stereocenters. The highest BCUT2D eigenvalue weighted by molar-refractivity contribution is 6.03. The van der Waals surface area contributed by atoms with Crippen LogP contribution >= 0.6 is 0 Å². The standard InChI is InChI=1S/C46H61N3O12/c1-4-22-58-46-40(49(45(53)54-6-3)28-30-16-18-38-39(24-30)57-29-56-38)27-36(48-61-41-15-9-12-23-55-41)34-25-31(13-7-10-20-50)33(14-8-11-21-51)42(43(34)46)35-26-32(17-19-37(35)60-46)59-44(52)47-5-2/h4,16-19,24-26,31,33,40-43,50-51H,1,5-15,20-23,27-29H2,2-3H3,(H,47,52). The van der Waals surface area contributed by atoms with Crippen molar-refractivity contribution in [3.05, 3.63) is 71.8 Å². The lowest BCUT2D eigenvalue weighted by molar-refractivity contribution is -0.256. The monoisotopic (exact) mass is 847 g/mol. The number of hydrogen-bond donors (Lipinski definition) is 3. The number of oxime groups is 1. The first-order valence-corrected chi connectivity index (χ1v) is 22.0. The van der Waals surface area contributed by atoms with Gasteiger partial charge in [0.15, 0.2) is 11.5 Å². The number of carbonyl (C=O) groups is 2. The Morgan fingerprint density at radius 3 is 2.57 bits per heavy atom. The molecule has 15 heteroatoms. The van der Waals surface area contributed by atoms with Crippen LogP contribution in [0.5, 0.6) is 23.0 Å². The number of aliphatic hydroxyl groups is 2. The Bertz CT molecular complexity index is 1900. The van der Waals surface area contributed by atoms with E-state index in [0.717, 1.165) is 55.2 Å². The fourth-order valence-corrected chi connectivity index (χ4v) is 9.66. The maximum atomic E-state index is 14.5. The first-order valence-electron chi connectivity index (χ1n) is 22.0. The Morgan fingerprint density at radius 1 is 1.02 bits per heavy atom. The van der Waals surface area contributed by atoms with Crippen LogP contribution < -0.4 is 24.3 Å². The Morgan fingerprint density at radius 2 is 1.82 bits per heavy atom. The molecule has 61 heavy (non-hydrogen) atoms. The number of rotatable bonds is 19. The summed E-state index contributed by atoms with van der Waals surface area (Å²) < 4.78 is 43.3. The third kappa shape index (κ3) is 9.80. The van der Waals surface area contributed by atoms with Gasteiger partial charge in [0.1, 0.15) is 17.5 Å². The maximum Gasteiger partial charge on any atom is 0.412 e. The van der Waals surface area contributed by atoms with Gasteiger partial charge in [0.25, 0.3) is 0 Å². The second kappa shape index (κ2) is 20.8. The van der Waals surface area contributed by atoms with E-state index in [9.17, 15) is 19.8 Å². The number of nitrogens with one attached hydrogen (secondary N) is 1. The lowest BCUT2D eigenvalue weighted by Gasteiger charge is -2.59. The van der Waals surface area contributed by atoms with E-state index >= 15 is 0 Å². The van der Waals surface area contributed by atoms with Gasteiger partial charge in [-0.1, -0.05) is 36.2 Å². The molecule has 3 N–H and O–H groups in total. The van der Waals surface area contributed by atoms with E-state index in [2.05, 4.69) is 18.0 Å². The van der Waals surface area contributed by atoms with Gasteiger partial charge in [0.2, 0.25) is 18.9 Å². The molecule has 3 aliphatic heterocycles. The van der Waals surface area contributed by atoms with E-state index in [1.807, 2.05) is 31.2 Å². The third-order valence-electron chi connectivity index (χ3n) is 12.3. The normalized spacial score (nSPS) is 26.6. The minimum absolute atomic E-state index is 0.0139. The highest BCUT2D eigenvalue weighted by Crippen LogP contribution is 2.62. The molecule has 2 fully saturated rings. The van der Waals surface area contributed by atoms with Crippen molar-refractivity contribution in [2.75, 3.05) is 46.4 Å².